The van der Waals surface area contributed by atoms with Crippen molar-refractivity contribution in [2.75, 3.05) is 11.1 Å². The van der Waals surface area contributed by atoms with Crippen LogP contribution in [0.5, 0.6) is 0 Å². The van der Waals surface area contributed by atoms with E-state index in [1.165, 1.54) is 4.88 Å². The van der Waals surface area contributed by atoms with Gasteiger partial charge in [-0.1, -0.05) is 11.8 Å². The minimum atomic E-state index is -0.709. The van der Waals surface area contributed by atoms with E-state index in [0.29, 0.717) is 21.9 Å². The Balaban J connectivity index is 1.58. The third-order valence-electron chi connectivity index (χ3n) is 4.89. The molecule has 0 unspecified atom stereocenters. The predicted octanol–water partition coefficient (Wildman–Crippen LogP) is 4.37. The molecule has 0 saturated carbocycles. The number of hydrogen-bond acceptors (Lipinski definition) is 5. The van der Waals surface area contributed by atoms with E-state index < -0.39 is 17.5 Å². The van der Waals surface area contributed by atoms with Gasteiger partial charge in [0.15, 0.2) is 5.16 Å². The second-order valence-corrected chi connectivity index (χ2v) is 8.82. The van der Waals surface area contributed by atoms with Crippen molar-refractivity contribution in [1.82, 2.24) is 9.55 Å². The number of aryl methyl sites for hydroxylation is 2. The summed E-state index contributed by atoms with van der Waals surface area (Å²) in [4.78, 5) is 31.9. The van der Waals surface area contributed by atoms with Crippen LogP contribution in [0.2, 0.25) is 0 Å². The summed E-state index contributed by atoms with van der Waals surface area (Å²) < 4.78 is 28.5. The number of thioether (sulfide) groups is 1. The highest BCUT2D eigenvalue weighted by molar-refractivity contribution is 7.99. The first-order chi connectivity index (χ1) is 14.0. The Morgan fingerprint density at radius 1 is 1.31 bits per heavy atom. The number of carbonyl (C=O) groups is 1. The molecule has 0 spiro atoms. The first-order valence-corrected chi connectivity index (χ1v) is 11.2. The SMILES string of the molecule is CCn1c(SCC(=O)Nc2cc(F)ccc2F)nc2sc3c(c2c1=O)CCCC3. The normalized spacial score (nSPS) is 13.5. The van der Waals surface area contributed by atoms with Gasteiger partial charge in [-0.05, 0) is 50.3 Å². The molecule has 1 amide bonds. The van der Waals surface area contributed by atoms with Gasteiger partial charge in [0.05, 0.1) is 16.8 Å². The maximum atomic E-state index is 13.7. The molecular formula is C20H19F2N3O2S2. The summed E-state index contributed by atoms with van der Waals surface area (Å²) in [5.74, 6) is -1.91. The Hall–Kier alpha value is -2.26. The van der Waals surface area contributed by atoms with Crippen molar-refractivity contribution >= 4 is 44.9 Å². The van der Waals surface area contributed by atoms with Gasteiger partial charge in [-0.25, -0.2) is 13.8 Å². The van der Waals surface area contributed by atoms with Gasteiger partial charge < -0.3 is 5.32 Å². The van der Waals surface area contributed by atoms with E-state index in [-0.39, 0.29) is 17.0 Å². The van der Waals surface area contributed by atoms with Crippen LogP contribution >= 0.6 is 23.1 Å². The molecule has 29 heavy (non-hydrogen) atoms. The van der Waals surface area contributed by atoms with Crippen molar-refractivity contribution in [3.63, 3.8) is 0 Å². The van der Waals surface area contributed by atoms with Crippen molar-refractivity contribution in [3.8, 4) is 0 Å². The van der Waals surface area contributed by atoms with Crippen LogP contribution in [0.1, 0.15) is 30.2 Å². The number of amides is 1. The Morgan fingerprint density at radius 2 is 2.10 bits per heavy atom. The zero-order valence-corrected chi connectivity index (χ0v) is 17.4. The molecule has 0 atom stereocenters. The minimum absolute atomic E-state index is 0.0704. The Morgan fingerprint density at radius 3 is 2.90 bits per heavy atom. The van der Waals surface area contributed by atoms with Crippen LogP contribution in [0.25, 0.3) is 10.2 Å². The molecule has 2 heterocycles. The molecule has 1 N–H and O–H groups in total. The number of rotatable bonds is 5. The van der Waals surface area contributed by atoms with Crippen LogP contribution in [0, 0.1) is 11.6 Å². The number of nitrogens with zero attached hydrogens (tertiary/aromatic N) is 2. The van der Waals surface area contributed by atoms with E-state index in [4.69, 9.17) is 0 Å². The first-order valence-electron chi connectivity index (χ1n) is 9.40. The molecule has 0 saturated heterocycles. The lowest BCUT2D eigenvalue weighted by Crippen LogP contribution is -2.24. The van der Waals surface area contributed by atoms with Crippen molar-refractivity contribution in [2.45, 2.75) is 44.3 Å². The highest BCUT2D eigenvalue weighted by atomic mass is 32.2. The molecule has 0 bridgehead atoms. The van der Waals surface area contributed by atoms with Crippen LogP contribution in [-0.4, -0.2) is 21.2 Å². The molecule has 0 radical (unpaired) electrons. The van der Waals surface area contributed by atoms with Gasteiger partial charge in [-0.3, -0.25) is 14.2 Å². The Labute approximate surface area is 174 Å². The van der Waals surface area contributed by atoms with Crippen LogP contribution in [0.3, 0.4) is 0 Å². The number of fused-ring (bicyclic) bond motifs is 3. The summed E-state index contributed by atoms with van der Waals surface area (Å²) in [6.45, 7) is 2.30. The number of benzene rings is 1. The summed E-state index contributed by atoms with van der Waals surface area (Å²) >= 11 is 2.67. The number of anilines is 1. The number of nitrogens with one attached hydrogen (secondary N) is 1. The molecular weight excluding hydrogens is 416 g/mol. The topological polar surface area (TPSA) is 64.0 Å². The van der Waals surface area contributed by atoms with E-state index >= 15 is 0 Å². The molecule has 0 fully saturated rings. The molecule has 9 heteroatoms. The van der Waals surface area contributed by atoms with Gasteiger partial charge >= 0.3 is 0 Å². The summed E-state index contributed by atoms with van der Waals surface area (Å²) in [6.07, 6.45) is 4.09. The Bertz CT molecular complexity index is 1160. The summed E-state index contributed by atoms with van der Waals surface area (Å²) in [7, 11) is 0. The number of halogens is 2. The molecule has 0 aliphatic heterocycles. The second-order valence-electron chi connectivity index (χ2n) is 6.80. The van der Waals surface area contributed by atoms with Gasteiger partial charge in [0.2, 0.25) is 5.91 Å². The minimum Gasteiger partial charge on any atom is -0.323 e. The molecule has 1 aliphatic carbocycles. The highest BCUT2D eigenvalue weighted by Crippen LogP contribution is 2.34. The van der Waals surface area contributed by atoms with Gasteiger partial charge in [0.1, 0.15) is 16.5 Å². The van der Waals surface area contributed by atoms with E-state index in [2.05, 4.69) is 10.3 Å². The number of hydrogen-bond donors (Lipinski definition) is 1. The lowest BCUT2D eigenvalue weighted by atomic mass is 9.97. The zero-order valence-electron chi connectivity index (χ0n) is 15.8. The predicted molar refractivity (Wildman–Crippen MR) is 112 cm³/mol. The quantitative estimate of drug-likeness (QED) is 0.478. The van der Waals surface area contributed by atoms with Crippen LogP contribution in [0.4, 0.5) is 14.5 Å². The van der Waals surface area contributed by atoms with E-state index in [1.807, 2.05) is 6.92 Å². The van der Waals surface area contributed by atoms with Crippen molar-refractivity contribution in [2.24, 2.45) is 0 Å². The average Bonchev–Trinajstić information content (AvgIpc) is 3.08. The van der Waals surface area contributed by atoms with Gasteiger partial charge in [-0.15, -0.1) is 11.3 Å². The largest absolute Gasteiger partial charge is 0.323 e. The number of carbonyl (C=O) groups excluding carboxylic acids is 1. The maximum Gasteiger partial charge on any atom is 0.263 e. The first kappa shape index (κ1) is 20.0. The maximum absolute atomic E-state index is 13.7. The number of thiophene rings is 1. The van der Waals surface area contributed by atoms with E-state index in [1.54, 1.807) is 15.9 Å². The molecule has 3 aromatic rings. The molecule has 1 aromatic carbocycles. The van der Waals surface area contributed by atoms with Gasteiger partial charge in [0.25, 0.3) is 5.56 Å². The summed E-state index contributed by atoms with van der Waals surface area (Å²) in [5, 5.41) is 3.53. The van der Waals surface area contributed by atoms with E-state index in [0.717, 1.165) is 61.2 Å². The lowest BCUT2D eigenvalue weighted by molar-refractivity contribution is -0.113. The molecule has 4 rings (SSSR count). The van der Waals surface area contributed by atoms with Crippen molar-refractivity contribution in [1.29, 1.82) is 0 Å². The lowest BCUT2D eigenvalue weighted by Gasteiger charge is -2.12. The standard InChI is InChI=1S/C20H19F2N3O2S2/c1-2-25-19(27)17-12-5-3-4-6-15(12)29-18(17)24-20(25)28-10-16(26)23-14-9-11(21)7-8-13(14)22/h7-9H,2-6,10H2,1H3,(H,23,26). The van der Waals surface area contributed by atoms with Crippen molar-refractivity contribution < 1.29 is 13.6 Å². The number of aromatic nitrogens is 2. The summed E-state index contributed by atoms with van der Waals surface area (Å²) in [6, 6.07) is 2.88. The molecule has 2 aromatic heterocycles. The van der Waals surface area contributed by atoms with Gasteiger partial charge in [0, 0.05) is 17.5 Å². The highest BCUT2D eigenvalue weighted by Gasteiger charge is 2.22. The second kappa shape index (κ2) is 8.23. The van der Waals surface area contributed by atoms with Crippen molar-refractivity contribution in [3.05, 3.63) is 50.6 Å². The average molecular weight is 436 g/mol. The fourth-order valence-electron chi connectivity index (χ4n) is 3.52. The third kappa shape index (κ3) is 3.93. The summed E-state index contributed by atoms with van der Waals surface area (Å²) in [5.41, 5.74) is 0.848. The van der Waals surface area contributed by atoms with Crippen LogP contribution < -0.4 is 10.9 Å². The smallest absolute Gasteiger partial charge is 0.263 e. The monoisotopic (exact) mass is 435 g/mol. The zero-order chi connectivity index (χ0) is 20.5. The van der Waals surface area contributed by atoms with Crippen LogP contribution in [0.15, 0.2) is 28.2 Å². The fourth-order valence-corrected chi connectivity index (χ4v) is 5.68. The molecule has 1 aliphatic rings. The van der Waals surface area contributed by atoms with E-state index in [9.17, 15) is 18.4 Å². The molecule has 152 valence electrons. The third-order valence-corrected chi connectivity index (χ3v) is 7.05. The molecule has 5 nitrogen and oxygen atoms in total. The van der Waals surface area contributed by atoms with Crippen LogP contribution in [-0.2, 0) is 24.2 Å². The Kier molecular flexibility index (Phi) is 5.69. The fraction of sp³-hybridized carbons (Fsp3) is 0.350. The van der Waals surface area contributed by atoms with Gasteiger partial charge in [-0.2, -0.15) is 0 Å².